The number of amides is 2. The minimum Gasteiger partial charge on any atom is -0.493 e. The molecule has 0 bridgehead atoms. The number of esters is 1. The van der Waals surface area contributed by atoms with Crippen molar-refractivity contribution in [1.29, 1.82) is 0 Å². The summed E-state index contributed by atoms with van der Waals surface area (Å²) in [6.45, 7) is 0.292. The van der Waals surface area contributed by atoms with Gasteiger partial charge in [0, 0.05) is 24.6 Å². The van der Waals surface area contributed by atoms with Gasteiger partial charge in [0.2, 0.25) is 5.75 Å². The van der Waals surface area contributed by atoms with Crippen molar-refractivity contribution in [2.24, 2.45) is 0 Å². The SMILES string of the molecule is COc1cc(-c2cc(=O)c3cc(OC(=O)CCCCCN4C(=O)c5ccccc5C4=O)ccc3o2)cc(OC)c1OC. The van der Waals surface area contributed by atoms with Gasteiger partial charge in [-0.3, -0.25) is 24.1 Å². The molecule has 0 radical (unpaired) electrons. The molecule has 0 unspecified atom stereocenters. The third-order valence-corrected chi connectivity index (χ3v) is 7.02. The maximum atomic E-state index is 13.0. The number of benzene rings is 3. The Hall–Kier alpha value is -5.12. The van der Waals surface area contributed by atoms with Crippen LogP contribution >= 0.6 is 0 Å². The first-order valence-corrected chi connectivity index (χ1v) is 13.4. The summed E-state index contributed by atoms with van der Waals surface area (Å²) < 4.78 is 27.6. The van der Waals surface area contributed by atoms with Crippen LogP contribution < -0.4 is 24.4 Å². The molecule has 0 aliphatic carbocycles. The maximum absolute atomic E-state index is 13.0. The molecule has 1 aliphatic rings. The molecule has 216 valence electrons. The van der Waals surface area contributed by atoms with Crippen molar-refractivity contribution in [3.8, 4) is 34.3 Å². The Bertz CT molecular complexity index is 1680. The molecular formula is C32H29NO9. The van der Waals surface area contributed by atoms with Gasteiger partial charge in [0.1, 0.15) is 17.1 Å². The molecule has 0 atom stereocenters. The lowest BCUT2D eigenvalue weighted by atomic mass is 10.1. The Morgan fingerprint density at radius 1 is 0.786 bits per heavy atom. The second kappa shape index (κ2) is 12.2. The highest BCUT2D eigenvalue weighted by molar-refractivity contribution is 6.21. The zero-order valence-electron chi connectivity index (χ0n) is 23.4. The summed E-state index contributed by atoms with van der Waals surface area (Å²) in [6.07, 6.45) is 1.88. The van der Waals surface area contributed by atoms with E-state index in [1.54, 1.807) is 48.5 Å². The molecule has 2 heterocycles. The predicted molar refractivity (Wildman–Crippen MR) is 153 cm³/mol. The van der Waals surface area contributed by atoms with Crippen LogP contribution in [0.1, 0.15) is 46.4 Å². The van der Waals surface area contributed by atoms with Crippen molar-refractivity contribution in [3.05, 3.63) is 82.0 Å². The van der Waals surface area contributed by atoms with Crippen LogP contribution in [0.15, 0.2) is 69.9 Å². The van der Waals surface area contributed by atoms with Gasteiger partial charge < -0.3 is 23.4 Å². The number of carbonyl (C=O) groups excluding carboxylic acids is 3. The lowest BCUT2D eigenvalue weighted by molar-refractivity contribution is -0.134. The third-order valence-electron chi connectivity index (χ3n) is 7.02. The van der Waals surface area contributed by atoms with Crippen LogP contribution in [0.2, 0.25) is 0 Å². The second-order valence-electron chi connectivity index (χ2n) is 9.64. The smallest absolute Gasteiger partial charge is 0.311 e. The molecule has 0 fully saturated rings. The third kappa shape index (κ3) is 5.56. The first kappa shape index (κ1) is 28.4. The lowest BCUT2D eigenvalue weighted by Gasteiger charge is -2.14. The van der Waals surface area contributed by atoms with Gasteiger partial charge in [-0.1, -0.05) is 18.6 Å². The maximum Gasteiger partial charge on any atom is 0.311 e. The summed E-state index contributed by atoms with van der Waals surface area (Å²) in [6, 6.07) is 16.1. The average Bonchev–Trinajstić information content (AvgIpc) is 3.25. The topological polar surface area (TPSA) is 122 Å². The minimum absolute atomic E-state index is 0.148. The number of ether oxygens (including phenoxy) is 4. The van der Waals surface area contributed by atoms with Crippen molar-refractivity contribution in [1.82, 2.24) is 4.90 Å². The van der Waals surface area contributed by atoms with Crippen LogP contribution in [-0.4, -0.2) is 50.6 Å². The van der Waals surface area contributed by atoms with E-state index < -0.39 is 5.97 Å². The zero-order chi connectivity index (χ0) is 29.8. The van der Waals surface area contributed by atoms with Gasteiger partial charge in [-0.25, -0.2) is 0 Å². The fraction of sp³-hybridized carbons (Fsp3) is 0.250. The second-order valence-corrected chi connectivity index (χ2v) is 9.64. The Morgan fingerprint density at radius 3 is 2.07 bits per heavy atom. The number of hydrogen-bond acceptors (Lipinski definition) is 9. The molecule has 0 N–H and O–H groups in total. The van der Waals surface area contributed by atoms with E-state index in [0.29, 0.717) is 71.1 Å². The largest absolute Gasteiger partial charge is 0.493 e. The number of nitrogens with zero attached hydrogens (tertiary/aromatic N) is 1. The molecule has 1 aliphatic heterocycles. The molecule has 10 heteroatoms. The van der Waals surface area contributed by atoms with Crippen LogP contribution in [0.3, 0.4) is 0 Å². The van der Waals surface area contributed by atoms with Gasteiger partial charge in [-0.05, 0) is 55.3 Å². The molecule has 3 aromatic carbocycles. The Labute approximate surface area is 241 Å². The van der Waals surface area contributed by atoms with Crippen molar-refractivity contribution in [3.63, 3.8) is 0 Å². The number of methoxy groups -OCH3 is 3. The molecule has 42 heavy (non-hydrogen) atoms. The Kier molecular flexibility index (Phi) is 8.24. The highest BCUT2D eigenvalue weighted by Crippen LogP contribution is 2.41. The summed E-state index contributed by atoms with van der Waals surface area (Å²) in [7, 11) is 4.50. The van der Waals surface area contributed by atoms with Crippen molar-refractivity contribution < 1.29 is 37.7 Å². The Balaban J connectivity index is 1.18. The number of hydrogen-bond donors (Lipinski definition) is 0. The van der Waals surface area contributed by atoms with Gasteiger partial charge in [0.05, 0.1) is 37.8 Å². The molecule has 1 aromatic heterocycles. The fourth-order valence-corrected chi connectivity index (χ4v) is 4.91. The number of carbonyl (C=O) groups is 3. The number of unbranched alkanes of at least 4 members (excludes halogenated alkanes) is 2. The first-order chi connectivity index (χ1) is 20.3. The average molecular weight is 572 g/mol. The summed E-state index contributed by atoms with van der Waals surface area (Å²) in [4.78, 5) is 51.6. The molecular weight excluding hydrogens is 542 g/mol. The molecule has 0 saturated heterocycles. The number of imide groups is 1. The standard InChI is InChI=1S/C32H29NO9/c1-38-27-15-19(16-28(39-2)30(27)40-3)26-18-24(34)23-17-20(12-13-25(23)42-26)41-29(35)11-5-4-8-14-33-31(36)21-9-6-7-10-22(21)32(33)37/h6-7,9-10,12-13,15-18H,4-5,8,11,14H2,1-3H3. The monoisotopic (exact) mass is 571 g/mol. The van der Waals surface area contributed by atoms with Crippen LogP contribution in [0.25, 0.3) is 22.3 Å². The van der Waals surface area contributed by atoms with E-state index in [9.17, 15) is 19.2 Å². The highest BCUT2D eigenvalue weighted by Gasteiger charge is 2.34. The van der Waals surface area contributed by atoms with Crippen molar-refractivity contribution in [2.45, 2.75) is 25.7 Å². The van der Waals surface area contributed by atoms with E-state index in [0.717, 1.165) is 0 Å². The molecule has 2 amide bonds. The predicted octanol–water partition coefficient (Wildman–Crippen LogP) is 5.25. The van der Waals surface area contributed by atoms with E-state index in [-0.39, 0.29) is 34.8 Å². The Morgan fingerprint density at radius 2 is 1.45 bits per heavy atom. The summed E-state index contributed by atoms with van der Waals surface area (Å²) in [5, 5.41) is 0.262. The number of fused-ring (bicyclic) bond motifs is 2. The van der Waals surface area contributed by atoms with E-state index >= 15 is 0 Å². The van der Waals surface area contributed by atoms with Gasteiger partial charge in [0.15, 0.2) is 16.9 Å². The van der Waals surface area contributed by atoms with E-state index in [2.05, 4.69) is 0 Å². The van der Waals surface area contributed by atoms with Gasteiger partial charge in [0.25, 0.3) is 11.8 Å². The molecule has 5 rings (SSSR count). The molecule has 4 aromatic rings. The fourth-order valence-electron chi connectivity index (χ4n) is 4.91. The summed E-state index contributed by atoms with van der Waals surface area (Å²) in [5.41, 5.74) is 1.41. The van der Waals surface area contributed by atoms with E-state index in [4.69, 9.17) is 23.4 Å². The van der Waals surface area contributed by atoms with Crippen LogP contribution in [0.4, 0.5) is 0 Å². The molecule has 0 spiro atoms. The van der Waals surface area contributed by atoms with E-state index in [1.807, 2.05) is 0 Å². The van der Waals surface area contributed by atoms with Crippen LogP contribution in [0, 0.1) is 0 Å². The first-order valence-electron chi connectivity index (χ1n) is 13.4. The normalized spacial score (nSPS) is 12.4. The highest BCUT2D eigenvalue weighted by atomic mass is 16.5. The quantitative estimate of drug-likeness (QED) is 0.103. The molecule has 10 nitrogen and oxygen atoms in total. The van der Waals surface area contributed by atoms with Crippen molar-refractivity contribution >= 4 is 28.8 Å². The summed E-state index contributed by atoms with van der Waals surface area (Å²) in [5.74, 6) is 0.761. The number of rotatable bonds is 11. The van der Waals surface area contributed by atoms with Gasteiger partial charge >= 0.3 is 5.97 Å². The molecule has 0 saturated carbocycles. The van der Waals surface area contributed by atoms with Crippen molar-refractivity contribution in [2.75, 3.05) is 27.9 Å². The van der Waals surface area contributed by atoms with Crippen LogP contribution in [0.5, 0.6) is 23.0 Å². The van der Waals surface area contributed by atoms with Gasteiger partial charge in [-0.15, -0.1) is 0 Å². The van der Waals surface area contributed by atoms with E-state index in [1.165, 1.54) is 38.4 Å². The lowest BCUT2D eigenvalue weighted by Crippen LogP contribution is -2.30. The van der Waals surface area contributed by atoms with Gasteiger partial charge in [-0.2, -0.15) is 0 Å². The van der Waals surface area contributed by atoms with Crippen LogP contribution in [-0.2, 0) is 4.79 Å². The minimum atomic E-state index is -0.450. The zero-order valence-corrected chi connectivity index (χ0v) is 23.4. The summed E-state index contributed by atoms with van der Waals surface area (Å²) >= 11 is 0.